The molecule has 14 heteroatoms. The zero-order valence-electron chi connectivity index (χ0n) is 40.1. The third-order valence-electron chi connectivity index (χ3n) is 13.6. The van der Waals surface area contributed by atoms with Gasteiger partial charge in [-0.2, -0.15) is 11.8 Å². The van der Waals surface area contributed by atoms with Crippen molar-refractivity contribution in [1.29, 1.82) is 0 Å². The first-order chi connectivity index (χ1) is 33.3. The summed E-state index contributed by atoms with van der Waals surface area (Å²) in [4.78, 5) is 34.6. The molecule has 1 fully saturated rings. The number of allylic oxidation sites excluding steroid dienone is 1. The van der Waals surface area contributed by atoms with Gasteiger partial charge in [-0.3, -0.25) is 15.1 Å². The summed E-state index contributed by atoms with van der Waals surface area (Å²) in [6, 6.07) is 16.0. The zero-order valence-corrected chi connectivity index (χ0v) is 40.9. The minimum absolute atomic E-state index is 0.00476. The molecule has 6 rings (SSSR count). The number of hydrogen-bond donors (Lipinski definition) is 3. The predicted molar refractivity (Wildman–Crippen MR) is 269 cm³/mol. The number of carbonyl (C=O) groups excluding carboxylic acids is 1. The number of nitrogens with one attached hydrogen (secondary N) is 1. The maximum atomic E-state index is 13.3. The van der Waals surface area contributed by atoms with E-state index >= 15 is 0 Å². The topological polar surface area (TPSA) is 175 Å². The molecule has 3 N–H and O–H groups in total. The van der Waals surface area contributed by atoms with Crippen LogP contribution in [0, 0.1) is 27.9 Å². The highest BCUT2D eigenvalue weighted by Crippen LogP contribution is 2.62. The second-order valence-corrected chi connectivity index (χ2v) is 19.7. The number of benzene rings is 2. The van der Waals surface area contributed by atoms with Crippen molar-refractivity contribution >= 4 is 29.3 Å². The van der Waals surface area contributed by atoms with Gasteiger partial charge in [0.1, 0.15) is 18.1 Å². The van der Waals surface area contributed by atoms with Crippen LogP contribution in [0.1, 0.15) is 139 Å². The molecule has 370 valence electrons. The lowest BCUT2D eigenvalue weighted by atomic mass is 9.56. The van der Waals surface area contributed by atoms with E-state index in [-0.39, 0.29) is 61.0 Å². The zero-order chi connectivity index (χ0) is 48.0. The lowest BCUT2D eigenvalue weighted by molar-refractivity contribution is -0.384. The van der Waals surface area contributed by atoms with Gasteiger partial charge >= 0.3 is 6.09 Å². The normalized spacial score (nSPS) is 22.1. The minimum atomic E-state index is -1.15. The highest BCUT2D eigenvalue weighted by molar-refractivity contribution is 8.00. The van der Waals surface area contributed by atoms with Gasteiger partial charge in [-0.1, -0.05) is 94.9 Å². The Morgan fingerprint density at radius 2 is 1.65 bits per heavy atom. The number of aromatic nitrogens is 1. The number of pyridine rings is 1. The number of aryl methyl sites for hydroxylation is 1. The second-order valence-electron chi connectivity index (χ2n) is 18.4. The summed E-state index contributed by atoms with van der Waals surface area (Å²) >= 11 is 1.78. The predicted octanol–water partition coefficient (Wildman–Crippen LogP) is 11.8. The van der Waals surface area contributed by atoms with E-state index in [2.05, 4.69) is 29.9 Å². The summed E-state index contributed by atoms with van der Waals surface area (Å²) in [5, 5.41) is 38.9. The maximum absolute atomic E-state index is 13.3. The van der Waals surface area contributed by atoms with Gasteiger partial charge in [0.15, 0.2) is 0 Å². The third kappa shape index (κ3) is 14.6. The van der Waals surface area contributed by atoms with Crippen molar-refractivity contribution in [2.24, 2.45) is 22.9 Å². The molecule has 1 aromatic heterocycles. The number of aliphatic hydroxyl groups excluding tert-OH is 2. The molecule has 0 spiro atoms. The van der Waals surface area contributed by atoms with E-state index in [1.165, 1.54) is 62.6 Å². The highest BCUT2D eigenvalue weighted by atomic mass is 32.2. The van der Waals surface area contributed by atoms with Crippen molar-refractivity contribution < 1.29 is 39.0 Å². The fourth-order valence-electron chi connectivity index (χ4n) is 10.3. The molecule has 0 unspecified atom stereocenters. The summed E-state index contributed by atoms with van der Waals surface area (Å²) in [7, 11) is 0. The molecule has 68 heavy (non-hydrogen) atoms. The van der Waals surface area contributed by atoms with E-state index in [0.29, 0.717) is 37.3 Å². The smallest absolute Gasteiger partial charge is 0.412 e. The van der Waals surface area contributed by atoms with Crippen LogP contribution in [0.25, 0.3) is 0 Å². The van der Waals surface area contributed by atoms with E-state index in [4.69, 9.17) is 24.2 Å². The number of thioether (sulfide) groups is 1. The fraction of sp³-hybridized carbons (Fsp3) is 0.574. The largest absolute Gasteiger partial charge is 0.460 e. The Hall–Kier alpha value is -4.76. The number of rotatable bonds is 31. The number of nitrogens with zero attached hydrogens (tertiary/aromatic N) is 3. The SMILES string of the molecule is C=CCO[C@@]12Oc3ccc(OC(=O)NCCCCCCCCCCCC)cc3[C@H]3[C@H](CCCCO)[C@@H](CCCCO)C=C(C(=NOCc4ccc([N+](=O)[O-])cc4)C[C@@H]1SCCc1ccncc1)[C@H]32. The summed E-state index contributed by atoms with van der Waals surface area (Å²) < 4.78 is 20.4. The van der Waals surface area contributed by atoms with Crippen molar-refractivity contribution in [3.8, 4) is 11.5 Å². The van der Waals surface area contributed by atoms with Gasteiger partial charge in [0.2, 0.25) is 5.79 Å². The second kappa shape index (κ2) is 28.0. The van der Waals surface area contributed by atoms with Crippen LogP contribution in [-0.2, 0) is 22.6 Å². The van der Waals surface area contributed by atoms with Crippen molar-refractivity contribution in [2.45, 2.75) is 146 Å². The van der Waals surface area contributed by atoms with E-state index in [1.54, 1.807) is 48.4 Å². The standard InChI is InChI=1S/C54H74N4O9S/c1-3-5-6-7-8-9-10-11-12-15-29-56-53(61)66-44-24-25-49-47(37-44)51-45(19-14-17-33-60)42(18-13-16-32-59)36-46-48(57-65-39-41-20-22-43(23-21-41)58(62)63)38-50(54(67-49,52(46)51)64-34-4-2)68-35-28-40-26-30-55-31-27-40/h4,20-27,30-31,36-37,42,45,50-52,59-60H,2-3,5-19,28-29,32-35,38-39H2,1H3,(H,56,61)/t42-,45+,50-,51+,52+,54+/m0/s1. The molecule has 13 nitrogen and oxygen atoms in total. The molecule has 2 heterocycles. The van der Waals surface area contributed by atoms with Crippen LogP contribution >= 0.6 is 11.8 Å². The minimum Gasteiger partial charge on any atom is -0.460 e. The number of hydrogen-bond acceptors (Lipinski definition) is 12. The number of unbranched alkanes of at least 4 members (excludes halogenated alkanes) is 11. The Balaban J connectivity index is 1.33. The molecule has 0 radical (unpaired) electrons. The van der Waals surface area contributed by atoms with Crippen LogP contribution in [0.15, 0.2) is 96.5 Å². The Bertz CT molecular complexity index is 2090. The fourth-order valence-corrected chi connectivity index (χ4v) is 11.7. The van der Waals surface area contributed by atoms with E-state index in [0.717, 1.165) is 79.5 Å². The number of nitro benzene ring substituents is 1. The van der Waals surface area contributed by atoms with Crippen molar-refractivity contribution in [1.82, 2.24) is 10.3 Å². The van der Waals surface area contributed by atoms with Crippen LogP contribution in [-0.4, -0.2) is 75.1 Å². The number of carbonyl (C=O) groups is 1. The van der Waals surface area contributed by atoms with Crippen LogP contribution in [0.4, 0.5) is 10.5 Å². The lowest BCUT2D eigenvalue weighted by Crippen LogP contribution is -2.64. The Labute approximate surface area is 407 Å². The molecular formula is C54H74N4O9S. The molecule has 0 saturated heterocycles. The molecule has 3 aliphatic rings. The van der Waals surface area contributed by atoms with Crippen LogP contribution in [0.5, 0.6) is 11.5 Å². The number of non-ortho nitro benzene ring substituents is 1. The summed E-state index contributed by atoms with van der Waals surface area (Å²) in [5.74, 6) is 0.316. The first kappa shape index (κ1) is 52.6. The first-order valence-corrected chi connectivity index (χ1v) is 26.3. The average Bonchev–Trinajstić information content (AvgIpc) is 3.35. The van der Waals surface area contributed by atoms with Crippen molar-refractivity contribution in [3.63, 3.8) is 0 Å². The average molecular weight is 955 g/mol. The Morgan fingerprint density at radius 1 is 0.941 bits per heavy atom. The molecule has 6 atom stereocenters. The van der Waals surface area contributed by atoms with Gasteiger partial charge in [0.05, 0.1) is 28.4 Å². The lowest BCUT2D eigenvalue weighted by Gasteiger charge is -2.58. The molecule has 2 aromatic carbocycles. The summed E-state index contributed by atoms with van der Waals surface area (Å²) in [6.45, 7) is 7.39. The molecule has 0 bridgehead atoms. The van der Waals surface area contributed by atoms with Crippen molar-refractivity contribution in [3.05, 3.63) is 118 Å². The van der Waals surface area contributed by atoms with Gasteiger partial charge in [0.25, 0.3) is 5.69 Å². The molecule has 2 aliphatic carbocycles. The highest BCUT2D eigenvalue weighted by Gasteiger charge is 2.64. The Kier molecular flexibility index (Phi) is 21.7. The third-order valence-corrected chi connectivity index (χ3v) is 15.0. The van der Waals surface area contributed by atoms with E-state index < -0.39 is 16.8 Å². The number of nitro groups is 1. The number of oxime groups is 1. The number of aliphatic hydroxyl groups is 2. The first-order valence-electron chi connectivity index (χ1n) is 25.2. The number of amides is 1. The van der Waals surface area contributed by atoms with Crippen LogP contribution in [0.3, 0.4) is 0 Å². The van der Waals surface area contributed by atoms with E-state index in [9.17, 15) is 25.1 Å². The molecule has 1 aliphatic heterocycles. The number of ether oxygens (including phenoxy) is 3. The quantitative estimate of drug-likeness (QED) is 0.0242. The number of fused-ring (bicyclic) bond motifs is 2. The Morgan fingerprint density at radius 3 is 2.34 bits per heavy atom. The molecular weight excluding hydrogens is 881 g/mol. The van der Waals surface area contributed by atoms with Crippen molar-refractivity contribution in [2.75, 3.05) is 32.1 Å². The van der Waals surface area contributed by atoms with Gasteiger partial charge < -0.3 is 34.6 Å². The van der Waals surface area contributed by atoms with Crippen LogP contribution < -0.4 is 14.8 Å². The van der Waals surface area contributed by atoms with Gasteiger partial charge in [-0.05, 0) is 115 Å². The molecule has 3 aromatic rings. The molecule has 1 amide bonds. The summed E-state index contributed by atoms with van der Waals surface area (Å²) in [5.41, 5.74) is 4.61. The summed E-state index contributed by atoms with van der Waals surface area (Å²) in [6.07, 6.45) is 25.2. The van der Waals surface area contributed by atoms with Gasteiger partial charge in [0, 0.05) is 62.2 Å². The monoisotopic (exact) mass is 955 g/mol. The molecule has 1 saturated carbocycles. The van der Waals surface area contributed by atoms with Crippen LogP contribution in [0.2, 0.25) is 0 Å². The van der Waals surface area contributed by atoms with Gasteiger partial charge in [-0.25, -0.2) is 4.79 Å². The maximum Gasteiger partial charge on any atom is 0.412 e. The van der Waals surface area contributed by atoms with E-state index in [1.807, 2.05) is 24.3 Å². The van der Waals surface area contributed by atoms with Gasteiger partial charge in [-0.15, -0.1) is 6.58 Å².